The number of benzene rings is 1. The summed E-state index contributed by atoms with van der Waals surface area (Å²) >= 11 is 0. The van der Waals surface area contributed by atoms with Crippen LogP contribution in [0.25, 0.3) is 0 Å². The Kier molecular flexibility index (Phi) is 4.35. The molecule has 1 N–H and O–H groups in total. The molecule has 0 unspecified atom stereocenters. The van der Waals surface area contributed by atoms with E-state index < -0.39 is 5.97 Å². The molecule has 16 heavy (non-hydrogen) atoms. The second-order valence-electron chi connectivity index (χ2n) is 4.10. The van der Waals surface area contributed by atoms with Crippen molar-refractivity contribution in [1.82, 2.24) is 0 Å². The number of anilines is 1. The Balaban J connectivity index is 2.98. The SMILES string of the molecule is CCCCN(C)c1ccc(C)cc1C(=O)O. The number of unbranched alkanes of at least 4 members (excludes halogenated alkanes) is 1. The number of hydrogen-bond acceptors (Lipinski definition) is 2. The number of nitrogens with zero attached hydrogens (tertiary/aromatic N) is 1. The van der Waals surface area contributed by atoms with Gasteiger partial charge in [-0.1, -0.05) is 25.0 Å². The van der Waals surface area contributed by atoms with Crippen molar-refractivity contribution >= 4 is 11.7 Å². The van der Waals surface area contributed by atoms with E-state index in [2.05, 4.69) is 6.92 Å². The van der Waals surface area contributed by atoms with Gasteiger partial charge in [-0.3, -0.25) is 0 Å². The second-order valence-corrected chi connectivity index (χ2v) is 4.10. The molecule has 0 aliphatic heterocycles. The van der Waals surface area contributed by atoms with Gasteiger partial charge in [0.1, 0.15) is 0 Å². The van der Waals surface area contributed by atoms with E-state index >= 15 is 0 Å². The Morgan fingerprint density at radius 2 is 2.12 bits per heavy atom. The van der Waals surface area contributed by atoms with Crippen LogP contribution in [-0.4, -0.2) is 24.7 Å². The average Bonchev–Trinajstić information content (AvgIpc) is 2.25. The van der Waals surface area contributed by atoms with Crippen molar-refractivity contribution in [3.05, 3.63) is 29.3 Å². The maximum atomic E-state index is 11.1. The third-order valence-corrected chi connectivity index (χ3v) is 2.64. The van der Waals surface area contributed by atoms with Gasteiger partial charge in [-0.05, 0) is 25.5 Å². The van der Waals surface area contributed by atoms with Crippen molar-refractivity contribution in [2.24, 2.45) is 0 Å². The van der Waals surface area contributed by atoms with Gasteiger partial charge in [-0.15, -0.1) is 0 Å². The smallest absolute Gasteiger partial charge is 0.337 e. The molecule has 1 aromatic rings. The summed E-state index contributed by atoms with van der Waals surface area (Å²) in [6, 6.07) is 5.55. The molecule has 0 aliphatic carbocycles. The standard InChI is InChI=1S/C13H19NO2/c1-4-5-8-14(3)12-7-6-10(2)9-11(12)13(15)16/h6-7,9H,4-5,8H2,1-3H3,(H,15,16). The van der Waals surface area contributed by atoms with Gasteiger partial charge in [0.15, 0.2) is 0 Å². The summed E-state index contributed by atoms with van der Waals surface area (Å²) in [6.07, 6.45) is 2.18. The molecular weight excluding hydrogens is 202 g/mol. The summed E-state index contributed by atoms with van der Waals surface area (Å²) in [5.41, 5.74) is 2.16. The van der Waals surface area contributed by atoms with Crippen LogP contribution in [0.3, 0.4) is 0 Å². The number of carboxylic acid groups (broad SMARTS) is 1. The van der Waals surface area contributed by atoms with E-state index in [0.29, 0.717) is 5.56 Å². The molecule has 0 fully saturated rings. The van der Waals surface area contributed by atoms with E-state index in [-0.39, 0.29) is 0 Å². The molecular formula is C13H19NO2. The van der Waals surface area contributed by atoms with Gasteiger partial charge in [0, 0.05) is 13.6 Å². The quantitative estimate of drug-likeness (QED) is 0.831. The molecule has 0 spiro atoms. The summed E-state index contributed by atoms with van der Waals surface area (Å²) in [5, 5.41) is 9.14. The molecule has 0 amide bonds. The van der Waals surface area contributed by atoms with E-state index in [1.807, 2.05) is 31.0 Å². The van der Waals surface area contributed by atoms with E-state index in [9.17, 15) is 4.79 Å². The van der Waals surface area contributed by atoms with E-state index in [0.717, 1.165) is 30.6 Å². The maximum absolute atomic E-state index is 11.1. The average molecular weight is 221 g/mol. The molecule has 0 radical (unpaired) electrons. The third-order valence-electron chi connectivity index (χ3n) is 2.64. The first-order chi connectivity index (χ1) is 7.56. The van der Waals surface area contributed by atoms with Crippen molar-refractivity contribution < 1.29 is 9.90 Å². The molecule has 3 heteroatoms. The van der Waals surface area contributed by atoms with Gasteiger partial charge in [0.25, 0.3) is 0 Å². The zero-order valence-electron chi connectivity index (χ0n) is 10.2. The molecule has 0 saturated carbocycles. The minimum absolute atomic E-state index is 0.388. The van der Waals surface area contributed by atoms with Crippen LogP contribution >= 0.6 is 0 Å². The zero-order valence-corrected chi connectivity index (χ0v) is 10.2. The van der Waals surface area contributed by atoms with Crippen molar-refractivity contribution in [3.63, 3.8) is 0 Å². The van der Waals surface area contributed by atoms with Crippen LogP contribution in [0.5, 0.6) is 0 Å². The largest absolute Gasteiger partial charge is 0.478 e. The first kappa shape index (κ1) is 12.6. The number of carboxylic acids is 1. The minimum atomic E-state index is -0.859. The van der Waals surface area contributed by atoms with E-state index in [4.69, 9.17) is 5.11 Å². The molecule has 0 saturated heterocycles. The fourth-order valence-corrected chi connectivity index (χ4v) is 1.67. The Morgan fingerprint density at radius 1 is 1.44 bits per heavy atom. The highest BCUT2D eigenvalue weighted by Gasteiger charge is 2.12. The lowest BCUT2D eigenvalue weighted by Gasteiger charge is -2.21. The van der Waals surface area contributed by atoms with Gasteiger partial charge in [0.2, 0.25) is 0 Å². The summed E-state index contributed by atoms with van der Waals surface area (Å²) < 4.78 is 0. The molecule has 0 bridgehead atoms. The lowest BCUT2D eigenvalue weighted by Crippen LogP contribution is -2.21. The number of aryl methyl sites for hydroxylation is 1. The van der Waals surface area contributed by atoms with Crippen LogP contribution in [0, 0.1) is 6.92 Å². The van der Waals surface area contributed by atoms with Crippen LogP contribution in [0.2, 0.25) is 0 Å². The second kappa shape index (κ2) is 5.54. The van der Waals surface area contributed by atoms with Crippen LogP contribution in [0.4, 0.5) is 5.69 Å². The van der Waals surface area contributed by atoms with E-state index in [1.165, 1.54) is 0 Å². The Morgan fingerprint density at radius 3 is 2.69 bits per heavy atom. The normalized spacial score (nSPS) is 10.2. The number of hydrogen-bond donors (Lipinski definition) is 1. The third kappa shape index (κ3) is 2.99. The number of aromatic carboxylic acids is 1. The van der Waals surface area contributed by atoms with Gasteiger partial charge < -0.3 is 10.0 Å². The molecule has 1 rings (SSSR count). The van der Waals surface area contributed by atoms with Gasteiger partial charge >= 0.3 is 5.97 Å². The van der Waals surface area contributed by atoms with Crippen LogP contribution < -0.4 is 4.90 Å². The Hall–Kier alpha value is -1.51. The summed E-state index contributed by atoms with van der Waals surface area (Å²) in [5.74, 6) is -0.859. The molecule has 0 aliphatic rings. The minimum Gasteiger partial charge on any atom is -0.478 e. The maximum Gasteiger partial charge on any atom is 0.337 e. The fraction of sp³-hybridized carbons (Fsp3) is 0.462. The van der Waals surface area contributed by atoms with Crippen molar-refractivity contribution in [1.29, 1.82) is 0 Å². The molecule has 0 aromatic heterocycles. The van der Waals surface area contributed by atoms with Gasteiger partial charge in [-0.25, -0.2) is 4.79 Å². The highest BCUT2D eigenvalue weighted by Crippen LogP contribution is 2.21. The monoisotopic (exact) mass is 221 g/mol. The van der Waals surface area contributed by atoms with Crippen LogP contribution in [0.1, 0.15) is 35.7 Å². The fourth-order valence-electron chi connectivity index (χ4n) is 1.67. The van der Waals surface area contributed by atoms with Crippen LogP contribution in [0.15, 0.2) is 18.2 Å². The predicted molar refractivity (Wildman–Crippen MR) is 66.3 cm³/mol. The first-order valence-corrected chi connectivity index (χ1v) is 5.61. The highest BCUT2D eigenvalue weighted by molar-refractivity contribution is 5.94. The zero-order chi connectivity index (χ0) is 12.1. The Bertz CT molecular complexity index is 374. The number of carbonyl (C=O) groups is 1. The van der Waals surface area contributed by atoms with Crippen molar-refractivity contribution in [2.45, 2.75) is 26.7 Å². The molecule has 1 aromatic carbocycles. The summed E-state index contributed by atoms with van der Waals surface area (Å²) in [7, 11) is 1.94. The topological polar surface area (TPSA) is 40.5 Å². The van der Waals surface area contributed by atoms with Crippen LogP contribution in [-0.2, 0) is 0 Å². The first-order valence-electron chi connectivity index (χ1n) is 5.61. The van der Waals surface area contributed by atoms with Gasteiger partial charge in [0.05, 0.1) is 11.3 Å². The predicted octanol–water partition coefficient (Wildman–Crippen LogP) is 2.93. The van der Waals surface area contributed by atoms with Crippen molar-refractivity contribution in [2.75, 3.05) is 18.5 Å². The lowest BCUT2D eigenvalue weighted by molar-refractivity contribution is 0.0697. The molecule has 0 atom stereocenters. The highest BCUT2D eigenvalue weighted by atomic mass is 16.4. The van der Waals surface area contributed by atoms with Crippen molar-refractivity contribution in [3.8, 4) is 0 Å². The van der Waals surface area contributed by atoms with E-state index in [1.54, 1.807) is 6.07 Å². The van der Waals surface area contributed by atoms with Gasteiger partial charge in [-0.2, -0.15) is 0 Å². The Labute approximate surface area is 96.7 Å². The summed E-state index contributed by atoms with van der Waals surface area (Å²) in [4.78, 5) is 13.1. The molecule has 3 nitrogen and oxygen atoms in total. The summed E-state index contributed by atoms with van der Waals surface area (Å²) in [6.45, 7) is 4.92. The number of rotatable bonds is 5. The molecule has 88 valence electrons. The molecule has 0 heterocycles. The lowest BCUT2D eigenvalue weighted by atomic mass is 10.1.